The van der Waals surface area contributed by atoms with Gasteiger partial charge in [0.25, 0.3) is 0 Å². The molecule has 63 heavy (non-hydrogen) atoms. The zero-order valence-electron chi connectivity index (χ0n) is 34.9. The molecule has 6 aromatic heterocycles. The van der Waals surface area contributed by atoms with Gasteiger partial charge in [0.15, 0.2) is 30.0 Å². The molecule has 21 heteroatoms. The number of rotatable bonds is 15. The zero-order valence-corrected chi connectivity index (χ0v) is 40.2. The molecule has 0 spiro atoms. The summed E-state index contributed by atoms with van der Waals surface area (Å²) in [5.74, 6) is 1.70. The van der Waals surface area contributed by atoms with Crippen molar-refractivity contribution >= 4 is 69.2 Å². The summed E-state index contributed by atoms with van der Waals surface area (Å²) in [6.07, 6.45) is 24.7. The Morgan fingerprint density at radius 1 is 0.603 bits per heavy atom. The third-order valence-electron chi connectivity index (χ3n) is 8.77. The number of aromatic nitrogens is 9. The summed E-state index contributed by atoms with van der Waals surface area (Å²) in [5.41, 5.74) is 1.46. The predicted molar refractivity (Wildman–Crippen MR) is 242 cm³/mol. The number of carbonyl (C=O) groups excluding carboxylic acids is 2. The van der Waals surface area contributed by atoms with Gasteiger partial charge in [0, 0.05) is 24.8 Å². The second kappa shape index (κ2) is 32.5. The molecule has 0 aliphatic heterocycles. The molecule has 15 nitrogen and oxygen atoms in total. The standard InChI is InChI=1S/C10H7FN4O.C10H6FN3O.C6H3BrFNO.C4H3N2.3C4H9.ClH.H3NO.Sn/c11-7-1-2-8(15-9(7)6-14-16)10-5-12-3-4-13-10;11-7-1-2-8(14-10(7)6-15)9-5-12-3-4-13-9;7-6-2-1-4(8)5(3-10)9-6;1-2-6-4-3-5-1;3*1-3-4-2;;1-2;/h1-6,16H;1-6H;1-3H;1-3H;3*1,3-4H2,2H3;1H;2H,1H2;/b14-6+;;;;;;;;;. The first-order valence-electron chi connectivity index (χ1n) is 19.4. The van der Waals surface area contributed by atoms with Crippen LogP contribution in [0.1, 0.15) is 86.0 Å². The van der Waals surface area contributed by atoms with Gasteiger partial charge in [-0.2, -0.15) is 0 Å². The van der Waals surface area contributed by atoms with E-state index in [1.807, 2.05) is 12.4 Å². The quantitative estimate of drug-likeness (QED) is 0.0218. The van der Waals surface area contributed by atoms with Gasteiger partial charge in [-0.3, -0.25) is 29.5 Å². The Morgan fingerprint density at radius 2 is 1.02 bits per heavy atom. The van der Waals surface area contributed by atoms with Crippen molar-refractivity contribution in [1.82, 2.24) is 44.9 Å². The first kappa shape index (κ1) is 55.8. The van der Waals surface area contributed by atoms with Crippen LogP contribution in [0.4, 0.5) is 13.2 Å². The average Bonchev–Trinajstić information content (AvgIpc) is 3.33. The van der Waals surface area contributed by atoms with E-state index in [-0.39, 0.29) is 29.5 Å². The number of carbonyl (C=O) groups is 2. The second-order valence-corrected chi connectivity index (χ2v) is 26.8. The summed E-state index contributed by atoms with van der Waals surface area (Å²) in [6, 6.07) is 7.96. The van der Waals surface area contributed by atoms with Crippen LogP contribution in [0.15, 0.2) is 102 Å². The molecule has 0 radical (unpaired) electrons. The fraction of sp³-hybridized carbons (Fsp3) is 0.286. The maximum Gasteiger partial charge on any atom is 0.171 e. The second-order valence-electron chi connectivity index (χ2n) is 13.0. The fourth-order valence-corrected chi connectivity index (χ4v) is 21.2. The van der Waals surface area contributed by atoms with Crippen LogP contribution in [0.25, 0.3) is 22.8 Å². The summed E-state index contributed by atoms with van der Waals surface area (Å²) >= 11 is 0.731. The van der Waals surface area contributed by atoms with Crippen molar-refractivity contribution in [3.8, 4) is 22.8 Å². The van der Waals surface area contributed by atoms with Crippen LogP contribution in [-0.4, -0.2) is 92.4 Å². The third-order valence-corrected chi connectivity index (χ3v) is 24.3. The SMILES string of the molecule is CCC[CH2][Sn]([CH2]CCC)([CH2]CCC)[c]1cnccn1.Cl.NO.O/N=C/c1nc(-c2cnccn2)ccc1F.O=Cc1nc(-c2cnccn2)ccc1F.O=Cc1nc(Br)ccc1F. The molecule has 0 saturated carbocycles. The molecule has 0 atom stereocenters. The molecule has 0 fully saturated rings. The van der Waals surface area contributed by atoms with Crippen LogP contribution in [0, 0.1) is 17.5 Å². The Kier molecular flexibility index (Phi) is 28.7. The predicted octanol–water partition coefficient (Wildman–Crippen LogP) is 9.06. The van der Waals surface area contributed by atoms with Crippen LogP contribution in [-0.2, 0) is 0 Å². The molecule has 0 amide bonds. The summed E-state index contributed by atoms with van der Waals surface area (Å²) in [5, 5.41) is 17.6. The van der Waals surface area contributed by atoms with Gasteiger partial charge in [-0.05, 0) is 52.3 Å². The Bertz CT molecular complexity index is 2210. The van der Waals surface area contributed by atoms with Crippen LogP contribution >= 0.6 is 28.3 Å². The van der Waals surface area contributed by atoms with E-state index in [4.69, 9.17) is 15.4 Å². The smallest absolute Gasteiger partial charge is 0.171 e. The molecular weight excluding hydrogens is 1010 g/mol. The monoisotopic (exact) mass is 1060 g/mol. The minimum atomic E-state index is -2.27. The van der Waals surface area contributed by atoms with Crippen molar-refractivity contribution in [3.05, 3.63) is 131 Å². The number of aldehydes is 2. The van der Waals surface area contributed by atoms with E-state index in [0.717, 1.165) is 6.21 Å². The molecule has 0 bridgehead atoms. The van der Waals surface area contributed by atoms with Crippen molar-refractivity contribution in [2.45, 2.75) is 72.6 Å². The van der Waals surface area contributed by atoms with E-state index < -0.39 is 35.8 Å². The van der Waals surface area contributed by atoms with Crippen molar-refractivity contribution < 1.29 is 33.2 Å². The summed E-state index contributed by atoms with van der Waals surface area (Å²) < 4.78 is 44.9. The summed E-state index contributed by atoms with van der Waals surface area (Å²) in [6.45, 7) is 6.94. The number of nitrogens with two attached hydrogens (primary N) is 1. The van der Waals surface area contributed by atoms with E-state index in [2.05, 4.69) is 93.8 Å². The van der Waals surface area contributed by atoms with E-state index in [0.29, 0.717) is 40.0 Å². The third kappa shape index (κ3) is 19.4. The molecule has 0 aromatic carbocycles. The molecule has 336 valence electrons. The Balaban J connectivity index is 0.000000420. The number of oxime groups is 1. The van der Waals surface area contributed by atoms with Crippen LogP contribution < -0.4 is 9.61 Å². The van der Waals surface area contributed by atoms with Crippen LogP contribution in [0.5, 0.6) is 0 Å². The number of unbranched alkanes of at least 4 members (excludes halogenated alkanes) is 3. The number of hydrogen-bond donors (Lipinski definition) is 3. The van der Waals surface area contributed by atoms with E-state index >= 15 is 0 Å². The minimum absolute atomic E-state index is 0. The van der Waals surface area contributed by atoms with Crippen LogP contribution in [0.2, 0.25) is 13.3 Å². The largest absolute Gasteiger partial charge is 0.411 e. The van der Waals surface area contributed by atoms with E-state index in [9.17, 15) is 22.8 Å². The summed E-state index contributed by atoms with van der Waals surface area (Å²) in [7, 11) is 0. The van der Waals surface area contributed by atoms with Gasteiger partial charge in [0.1, 0.15) is 33.1 Å². The maximum absolute atomic E-state index is 13.2. The van der Waals surface area contributed by atoms with Crippen molar-refractivity contribution in [3.63, 3.8) is 0 Å². The molecule has 0 aliphatic carbocycles. The van der Waals surface area contributed by atoms with Gasteiger partial charge < -0.3 is 10.4 Å². The van der Waals surface area contributed by atoms with Crippen molar-refractivity contribution in [2.24, 2.45) is 11.1 Å². The van der Waals surface area contributed by atoms with Crippen molar-refractivity contribution in [2.75, 3.05) is 0 Å². The Morgan fingerprint density at radius 3 is 1.40 bits per heavy atom. The van der Waals surface area contributed by atoms with E-state index in [1.54, 1.807) is 0 Å². The van der Waals surface area contributed by atoms with Gasteiger partial charge in [-0.25, -0.2) is 34.0 Å². The van der Waals surface area contributed by atoms with Crippen LogP contribution in [0.3, 0.4) is 0 Å². The van der Waals surface area contributed by atoms with E-state index in [1.165, 1.54) is 129 Å². The molecular formula is C42H50BrClF3N11O4Sn. The Labute approximate surface area is 382 Å². The zero-order chi connectivity index (χ0) is 45.6. The number of halogens is 5. The topological polar surface area (TPSA) is 229 Å². The van der Waals surface area contributed by atoms with Gasteiger partial charge in [-0.1, -0.05) is 5.16 Å². The normalized spacial score (nSPS) is 10.2. The minimum Gasteiger partial charge on any atom is -0.411 e. The molecule has 0 aliphatic rings. The molecule has 4 N–H and O–H groups in total. The number of hydrogen-bond acceptors (Lipinski definition) is 15. The molecule has 6 rings (SSSR count). The molecule has 0 unspecified atom stereocenters. The van der Waals surface area contributed by atoms with Gasteiger partial charge in [-0.15, -0.1) is 12.4 Å². The van der Waals surface area contributed by atoms with Gasteiger partial charge in [0.2, 0.25) is 0 Å². The molecule has 6 aromatic rings. The van der Waals surface area contributed by atoms with Gasteiger partial charge >= 0.3 is 123 Å². The fourth-order valence-electron chi connectivity index (χ4n) is 5.69. The van der Waals surface area contributed by atoms with Gasteiger partial charge in [0.05, 0.1) is 30.0 Å². The van der Waals surface area contributed by atoms with Crippen molar-refractivity contribution in [1.29, 1.82) is 0 Å². The number of pyridine rings is 3. The molecule has 0 saturated heterocycles. The average molecular weight is 1060 g/mol. The summed E-state index contributed by atoms with van der Waals surface area (Å²) in [4.78, 5) is 56.7. The Hall–Kier alpha value is -5.22. The molecule has 6 heterocycles. The maximum atomic E-state index is 13.2. The first-order valence-corrected chi connectivity index (χ1v) is 27.7. The first-order chi connectivity index (χ1) is 30.1. The number of nitrogens with zero attached hydrogens (tertiary/aromatic N) is 10.